The van der Waals surface area contributed by atoms with Crippen molar-refractivity contribution in [2.45, 2.75) is 57.6 Å². The summed E-state index contributed by atoms with van der Waals surface area (Å²) in [5.41, 5.74) is 2.16. The Balaban J connectivity index is 1.10. The van der Waals surface area contributed by atoms with E-state index < -0.39 is 11.8 Å². The number of aromatic nitrogens is 3. The fourth-order valence-corrected chi connectivity index (χ4v) is 7.20. The lowest BCUT2D eigenvalue weighted by molar-refractivity contribution is -0.244. The average molecular weight is 604 g/mol. The first-order valence-electron chi connectivity index (χ1n) is 14.2. The van der Waals surface area contributed by atoms with Crippen LogP contribution in [0.15, 0.2) is 48.7 Å². The number of para-hydroxylation sites is 1. The fourth-order valence-electron chi connectivity index (χ4n) is 6.19. The van der Waals surface area contributed by atoms with Gasteiger partial charge in [-0.3, -0.25) is 9.88 Å². The highest BCUT2D eigenvalue weighted by Crippen LogP contribution is 2.49. The van der Waals surface area contributed by atoms with Crippen LogP contribution in [0.5, 0.6) is 5.75 Å². The van der Waals surface area contributed by atoms with Gasteiger partial charge in [-0.25, -0.2) is 9.78 Å². The van der Waals surface area contributed by atoms with Crippen molar-refractivity contribution in [2.24, 2.45) is 11.3 Å². The van der Waals surface area contributed by atoms with Gasteiger partial charge in [-0.05, 0) is 69.0 Å². The number of likely N-dealkylation sites (tertiary alicyclic amines) is 1. The summed E-state index contributed by atoms with van der Waals surface area (Å²) in [5, 5.41) is 19.8. The number of hydrogen-bond donors (Lipinski definition) is 1. The number of aromatic carboxylic acids is 1. The monoisotopic (exact) mass is 603 g/mol. The number of rotatable bonds is 7. The third-order valence-electron chi connectivity index (χ3n) is 8.79. The molecule has 2 aliphatic heterocycles. The third-order valence-corrected chi connectivity index (χ3v) is 10.0. The molecule has 9 nitrogen and oxygen atoms in total. The van der Waals surface area contributed by atoms with Crippen molar-refractivity contribution in [3.63, 3.8) is 0 Å². The van der Waals surface area contributed by atoms with E-state index in [-0.39, 0.29) is 22.3 Å². The van der Waals surface area contributed by atoms with Crippen LogP contribution in [0.2, 0.25) is 5.02 Å². The van der Waals surface area contributed by atoms with Crippen molar-refractivity contribution in [1.29, 1.82) is 5.26 Å². The summed E-state index contributed by atoms with van der Waals surface area (Å²) in [5.74, 6) is -0.0000275. The molecule has 1 N–H and O–H groups in total. The number of carbonyl (C=O) groups is 1. The SMILES string of the molecule is C[C@@]1(c2ccc(Cl)cn2)Oc2ccccc2[C@H](C2CCN(Cc3nc4sc(C(=O)O)cc4n3CC3(C#N)CC3)CC2)O1. The van der Waals surface area contributed by atoms with Crippen molar-refractivity contribution in [1.82, 2.24) is 19.4 Å². The third kappa shape index (κ3) is 4.94. The zero-order valence-corrected chi connectivity index (χ0v) is 24.7. The lowest BCUT2D eigenvalue weighted by atomic mass is 9.86. The minimum Gasteiger partial charge on any atom is -0.477 e. The molecule has 1 saturated carbocycles. The Kier molecular flexibility index (Phi) is 6.74. The van der Waals surface area contributed by atoms with Gasteiger partial charge in [0.15, 0.2) is 0 Å². The zero-order valence-electron chi connectivity index (χ0n) is 23.1. The molecule has 0 radical (unpaired) electrons. The molecule has 0 bridgehead atoms. The van der Waals surface area contributed by atoms with Crippen molar-refractivity contribution in [2.75, 3.05) is 13.1 Å². The predicted molar refractivity (Wildman–Crippen MR) is 157 cm³/mol. The van der Waals surface area contributed by atoms with Gasteiger partial charge >= 0.3 is 5.97 Å². The molecule has 1 aromatic carbocycles. The topological polar surface area (TPSA) is 113 Å². The second kappa shape index (κ2) is 10.3. The number of ether oxygens (including phenoxy) is 2. The molecule has 0 amide bonds. The normalized spacial score (nSPS) is 23.7. The van der Waals surface area contributed by atoms with Crippen LogP contribution in [0.1, 0.15) is 65.5 Å². The largest absolute Gasteiger partial charge is 0.477 e. The molecule has 2 atom stereocenters. The minimum atomic E-state index is -1.04. The van der Waals surface area contributed by atoms with Crippen molar-refractivity contribution < 1.29 is 19.4 Å². The first kappa shape index (κ1) is 27.3. The van der Waals surface area contributed by atoms with Gasteiger partial charge in [0.2, 0.25) is 0 Å². The maximum Gasteiger partial charge on any atom is 0.346 e. The number of thiophene rings is 1. The highest BCUT2D eigenvalue weighted by atomic mass is 35.5. The number of halogens is 1. The van der Waals surface area contributed by atoms with Gasteiger partial charge in [-0.15, -0.1) is 11.3 Å². The number of fused-ring (bicyclic) bond motifs is 2. The number of carboxylic acids is 1. The molecule has 1 aliphatic carbocycles. The van der Waals surface area contributed by atoms with Crippen molar-refractivity contribution in [3.05, 3.63) is 75.6 Å². The van der Waals surface area contributed by atoms with Crippen LogP contribution in [0.4, 0.5) is 0 Å². The molecule has 4 aromatic rings. The van der Waals surface area contributed by atoms with Gasteiger partial charge < -0.3 is 19.1 Å². The summed E-state index contributed by atoms with van der Waals surface area (Å²) in [4.78, 5) is 24.3. The maximum atomic E-state index is 11.6. The second-order valence-electron chi connectivity index (χ2n) is 11.7. The summed E-state index contributed by atoms with van der Waals surface area (Å²) in [7, 11) is 0. The van der Waals surface area contributed by atoms with Crippen LogP contribution in [-0.2, 0) is 23.6 Å². The Bertz CT molecular complexity index is 1700. The number of carboxylic acid groups (broad SMARTS) is 1. The summed E-state index contributed by atoms with van der Waals surface area (Å²) in [6.45, 7) is 4.85. The molecule has 1 saturated heterocycles. The van der Waals surface area contributed by atoms with Gasteiger partial charge in [0.25, 0.3) is 5.79 Å². The van der Waals surface area contributed by atoms with Gasteiger partial charge in [-0.2, -0.15) is 5.26 Å². The Morgan fingerprint density at radius 2 is 2.02 bits per heavy atom. The number of imidazole rings is 1. The van der Waals surface area contributed by atoms with Gasteiger partial charge in [0.05, 0.1) is 34.7 Å². The molecule has 0 spiro atoms. The van der Waals surface area contributed by atoms with Crippen LogP contribution >= 0.6 is 22.9 Å². The lowest BCUT2D eigenvalue weighted by Gasteiger charge is -2.44. The number of nitrogens with zero attached hydrogens (tertiary/aromatic N) is 5. The summed E-state index contributed by atoms with van der Waals surface area (Å²) in [6.07, 6.45) is 5.06. The Morgan fingerprint density at radius 3 is 2.71 bits per heavy atom. The molecular formula is C31H30ClN5O4S. The number of pyridine rings is 1. The average Bonchev–Trinajstić information content (AvgIpc) is 3.54. The molecule has 42 heavy (non-hydrogen) atoms. The number of hydrogen-bond acceptors (Lipinski definition) is 8. The molecule has 3 aromatic heterocycles. The summed E-state index contributed by atoms with van der Waals surface area (Å²) in [6, 6.07) is 15.9. The molecule has 216 valence electrons. The Morgan fingerprint density at radius 1 is 1.24 bits per heavy atom. The number of nitriles is 1. The number of benzene rings is 1. The molecule has 3 aliphatic rings. The predicted octanol–water partition coefficient (Wildman–Crippen LogP) is 6.38. The first-order valence-corrected chi connectivity index (χ1v) is 15.4. The van der Waals surface area contributed by atoms with Crippen LogP contribution in [0, 0.1) is 22.7 Å². The van der Waals surface area contributed by atoms with E-state index in [0.717, 1.165) is 61.4 Å². The van der Waals surface area contributed by atoms with Crippen LogP contribution in [0.3, 0.4) is 0 Å². The minimum absolute atomic E-state index is 0.147. The zero-order chi connectivity index (χ0) is 29.1. The first-order chi connectivity index (χ1) is 20.3. The summed E-state index contributed by atoms with van der Waals surface area (Å²) >= 11 is 7.29. The van der Waals surface area contributed by atoms with E-state index in [1.54, 1.807) is 18.3 Å². The van der Waals surface area contributed by atoms with E-state index >= 15 is 0 Å². The van der Waals surface area contributed by atoms with E-state index in [9.17, 15) is 15.2 Å². The molecule has 11 heteroatoms. The lowest BCUT2D eigenvalue weighted by Crippen LogP contribution is -2.43. The standard InChI is InChI=1S/C31H30ClN5O4S/c1-30(25-7-6-20(32)15-34-25)40-23-5-3-2-4-21(23)27(41-30)19-8-12-36(13-9-19)16-26-35-28-22(14-24(42-28)29(38)39)37(26)18-31(17-33)10-11-31/h2-7,14-15,19,27H,8-13,16,18H2,1H3,(H,38,39)/t27-,30+/m0/s1. The maximum absolute atomic E-state index is 11.6. The number of piperidine rings is 1. The van der Waals surface area contributed by atoms with Gasteiger partial charge in [-0.1, -0.05) is 29.8 Å². The highest BCUT2D eigenvalue weighted by Gasteiger charge is 2.45. The van der Waals surface area contributed by atoms with E-state index in [2.05, 4.69) is 26.6 Å². The van der Waals surface area contributed by atoms with Crippen LogP contribution < -0.4 is 4.74 Å². The molecular weight excluding hydrogens is 574 g/mol. The Labute approximate surface area is 252 Å². The van der Waals surface area contributed by atoms with E-state index in [0.29, 0.717) is 28.6 Å². The van der Waals surface area contributed by atoms with Crippen LogP contribution in [-0.4, -0.2) is 43.6 Å². The van der Waals surface area contributed by atoms with E-state index in [1.165, 1.54) is 11.3 Å². The Hall–Kier alpha value is -3.49. The van der Waals surface area contributed by atoms with Crippen molar-refractivity contribution >= 4 is 39.3 Å². The highest BCUT2D eigenvalue weighted by molar-refractivity contribution is 7.20. The summed E-state index contributed by atoms with van der Waals surface area (Å²) < 4.78 is 15.2. The molecule has 5 heterocycles. The molecule has 2 fully saturated rings. The quantitative estimate of drug-likeness (QED) is 0.259. The van der Waals surface area contributed by atoms with Crippen molar-refractivity contribution in [3.8, 4) is 11.8 Å². The fraction of sp³-hybridized carbons (Fsp3) is 0.419. The molecule has 7 rings (SSSR count). The molecule has 0 unspecified atom stereocenters. The van der Waals surface area contributed by atoms with Crippen LogP contribution in [0.25, 0.3) is 10.3 Å². The van der Waals surface area contributed by atoms with E-state index in [1.807, 2.05) is 31.2 Å². The van der Waals surface area contributed by atoms with Gasteiger partial charge in [0.1, 0.15) is 27.0 Å². The van der Waals surface area contributed by atoms with Gasteiger partial charge in [0, 0.05) is 25.2 Å². The smallest absolute Gasteiger partial charge is 0.346 e. The second-order valence-corrected chi connectivity index (χ2v) is 13.2. The van der Waals surface area contributed by atoms with E-state index in [4.69, 9.17) is 26.1 Å².